The van der Waals surface area contributed by atoms with Gasteiger partial charge in [0.05, 0.1) is 6.42 Å². The number of rotatable bonds is 7. The predicted molar refractivity (Wildman–Crippen MR) is 100 cm³/mol. The molecule has 2 aromatic rings. The summed E-state index contributed by atoms with van der Waals surface area (Å²) in [4.78, 5) is 35.2. The number of fused-ring (bicyclic) bond motifs is 1. The molecule has 1 aliphatic heterocycles. The van der Waals surface area contributed by atoms with Crippen molar-refractivity contribution in [1.29, 1.82) is 0 Å². The standard InChI is InChI=1S/C19H19N3O6/c23-17(21-14-6-7-15-16(10-14)28-12-27-15)11-26-18(24)8-9-20-19(25)22-13-4-2-1-3-5-13/h1-7,10H,8-9,11-12H2,(H,21,23)(H2,20,22,25). The van der Waals surface area contributed by atoms with Crippen molar-refractivity contribution in [2.75, 3.05) is 30.6 Å². The molecule has 0 spiro atoms. The molecule has 0 aromatic heterocycles. The number of carbonyl (C=O) groups is 3. The van der Waals surface area contributed by atoms with Crippen LogP contribution >= 0.6 is 0 Å². The molecular formula is C19H19N3O6. The third kappa shape index (κ3) is 5.63. The number of amides is 3. The molecule has 28 heavy (non-hydrogen) atoms. The van der Waals surface area contributed by atoms with Gasteiger partial charge in [-0.3, -0.25) is 9.59 Å². The second kappa shape index (κ2) is 9.26. The average molecular weight is 385 g/mol. The lowest BCUT2D eigenvalue weighted by Gasteiger charge is -2.08. The number of anilines is 2. The Bertz CT molecular complexity index is 856. The molecule has 9 nitrogen and oxygen atoms in total. The molecule has 0 atom stereocenters. The van der Waals surface area contributed by atoms with Gasteiger partial charge in [0, 0.05) is 24.0 Å². The van der Waals surface area contributed by atoms with Gasteiger partial charge < -0.3 is 30.2 Å². The molecular weight excluding hydrogens is 366 g/mol. The fourth-order valence-corrected chi connectivity index (χ4v) is 2.36. The Morgan fingerprint density at radius 2 is 1.71 bits per heavy atom. The Labute approximate surface area is 161 Å². The Balaban J connectivity index is 1.31. The van der Waals surface area contributed by atoms with Gasteiger partial charge in [0.2, 0.25) is 6.79 Å². The van der Waals surface area contributed by atoms with Gasteiger partial charge in [0.15, 0.2) is 18.1 Å². The lowest BCUT2D eigenvalue weighted by atomic mass is 10.3. The normalized spacial score (nSPS) is 11.4. The summed E-state index contributed by atoms with van der Waals surface area (Å²) in [7, 11) is 0. The molecule has 0 fully saturated rings. The van der Waals surface area contributed by atoms with Crippen LogP contribution in [0.15, 0.2) is 48.5 Å². The predicted octanol–water partition coefficient (Wildman–Crippen LogP) is 2.11. The summed E-state index contributed by atoms with van der Waals surface area (Å²) < 4.78 is 15.3. The second-order valence-electron chi connectivity index (χ2n) is 5.77. The first-order chi connectivity index (χ1) is 13.6. The number of nitrogens with one attached hydrogen (secondary N) is 3. The Kier molecular flexibility index (Phi) is 6.29. The molecule has 1 heterocycles. The summed E-state index contributed by atoms with van der Waals surface area (Å²) in [6.45, 7) is -0.202. The van der Waals surface area contributed by atoms with Gasteiger partial charge in [0.1, 0.15) is 0 Å². The molecule has 3 N–H and O–H groups in total. The number of hydrogen-bond donors (Lipinski definition) is 3. The molecule has 0 bridgehead atoms. The van der Waals surface area contributed by atoms with E-state index in [4.69, 9.17) is 14.2 Å². The third-order valence-electron chi connectivity index (χ3n) is 3.67. The van der Waals surface area contributed by atoms with Crippen LogP contribution in [0.25, 0.3) is 0 Å². The maximum absolute atomic E-state index is 11.9. The first-order valence-corrected chi connectivity index (χ1v) is 8.55. The van der Waals surface area contributed by atoms with Crippen molar-refractivity contribution in [3.05, 3.63) is 48.5 Å². The summed E-state index contributed by atoms with van der Waals surface area (Å²) in [5.74, 6) is 0.0609. The summed E-state index contributed by atoms with van der Waals surface area (Å²) in [6.07, 6.45) is -0.0560. The quantitative estimate of drug-likeness (QED) is 0.629. The van der Waals surface area contributed by atoms with Crippen molar-refractivity contribution in [2.45, 2.75) is 6.42 Å². The van der Waals surface area contributed by atoms with Gasteiger partial charge in [0.25, 0.3) is 5.91 Å². The van der Waals surface area contributed by atoms with Gasteiger partial charge in [-0.2, -0.15) is 0 Å². The first-order valence-electron chi connectivity index (χ1n) is 8.55. The van der Waals surface area contributed by atoms with Crippen LogP contribution in [-0.2, 0) is 14.3 Å². The van der Waals surface area contributed by atoms with E-state index in [-0.39, 0.29) is 19.8 Å². The maximum atomic E-state index is 11.9. The van der Waals surface area contributed by atoms with Crippen LogP contribution in [0.5, 0.6) is 11.5 Å². The van der Waals surface area contributed by atoms with Crippen molar-refractivity contribution in [3.8, 4) is 11.5 Å². The van der Waals surface area contributed by atoms with Crippen molar-refractivity contribution in [3.63, 3.8) is 0 Å². The summed E-state index contributed by atoms with van der Waals surface area (Å²) in [5, 5.41) is 7.76. The van der Waals surface area contributed by atoms with Crippen LogP contribution in [0.1, 0.15) is 6.42 Å². The van der Waals surface area contributed by atoms with Crippen LogP contribution in [0.4, 0.5) is 16.2 Å². The zero-order chi connectivity index (χ0) is 19.8. The maximum Gasteiger partial charge on any atom is 0.319 e. The van der Waals surface area contributed by atoms with Gasteiger partial charge in [-0.1, -0.05) is 18.2 Å². The van der Waals surface area contributed by atoms with Crippen molar-refractivity contribution >= 4 is 29.3 Å². The van der Waals surface area contributed by atoms with Gasteiger partial charge in [-0.25, -0.2) is 4.79 Å². The number of urea groups is 1. The van der Waals surface area contributed by atoms with Crippen LogP contribution < -0.4 is 25.4 Å². The molecule has 3 amide bonds. The molecule has 9 heteroatoms. The van der Waals surface area contributed by atoms with E-state index in [1.165, 1.54) is 0 Å². The molecule has 146 valence electrons. The highest BCUT2D eigenvalue weighted by Gasteiger charge is 2.15. The number of hydrogen-bond acceptors (Lipinski definition) is 6. The lowest BCUT2D eigenvalue weighted by molar-refractivity contribution is -0.147. The molecule has 1 aliphatic rings. The highest BCUT2D eigenvalue weighted by molar-refractivity contribution is 5.93. The van der Waals surface area contributed by atoms with Crippen LogP contribution in [0, 0.1) is 0 Å². The summed E-state index contributed by atoms with van der Waals surface area (Å²) in [5.41, 5.74) is 1.15. The first kappa shape index (κ1) is 19.0. The van der Waals surface area contributed by atoms with Gasteiger partial charge in [-0.15, -0.1) is 0 Å². The number of ether oxygens (including phenoxy) is 3. The molecule has 0 unspecified atom stereocenters. The molecule has 0 saturated heterocycles. The van der Waals surface area contributed by atoms with E-state index < -0.39 is 24.5 Å². The Hall–Kier alpha value is -3.75. The minimum absolute atomic E-state index is 0.0560. The number of esters is 1. The SMILES string of the molecule is O=C(COC(=O)CCNC(=O)Nc1ccccc1)Nc1ccc2c(c1)OCO2. The van der Waals surface area contributed by atoms with Crippen molar-refractivity contribution in [2.24, 2.45) is 0 Å². The topological polar surface area (TPSA) is 115 Å². The van der Waals surface area contributed by atoms with E-state index in [1.54, 1.807) is 42.5 Å². The monoisotopic (exact) mass is 385 g/mol. The zero-order valence-electron chi connectivity index (χ0n) is 14.9. The highest BCUT2D eigenvalue weighted by Crippen LogP contribution is 2.34. The van der Waals surface area contributed by atoms with Crippen LogP contribution in [-0.4, -0.2) is 37.9 Å². The fourth-order valence-electron chi connectivity index (χ4n) is 2.36. The molecule has 3 rings (SSSR count). The van der Waals surface area contributed by atoms with E-state index in [2.05, 4.69) is 16.0 Å². The third-order valence-corrected chi connectivity index (χ3v) is 3.67. The van der Waals surface area contributed by atoms with Crippen molar-refractivity contribution < 1.29 is 28.6 Å². The zero-order valence-corrected chi connectivity index (χ0v) is 14.9. The smallest absolute Gasteiger partial charge is 0.319 e. The number of para-hydroxylation sites is 1. The molecule has 0 radical (unpaired) electrons. The molecule has 0 saturated carbocycles. The summed E-state index contributed by atoms with van der Waals surface area (Å²) >= 11 is 0. The molecule has 0 aliphatic carbocycles. The number of benzene rings is 2. The van der Waals surface area contributed by atoms with E-state index in [1.807, 2.05) is 6.07 Å². The van der Waals surface area contributed by atoms with Crippen molar-refractivity contribution in [1.82, 2.24) is 5.32 Å². The average Bonchev–Trinajstić information content (AvgIpc) is 3.15. The minimum atomic E-state index is -0.596. The minimum Gasteiger partial charge on any atom is -0.456 e. The summed E-state index contributed by atoms with van der Waals surface area (Å²) in [6, 6.07) is 13.4. The van der Waals surface area contributed by atoms with Crippen LogP contribution in [0.3, 0.4) is 0 Å². The number of carbonyl (C=O) groups excluding carboxylic acids is 3. The fraction of sp³-hybridized carbons (Fsp3) is 0.211. The molecule has 2 aromatic carbocycles. The van der Waals surface area contributed by atoms with Crippen LogP contribution in [0.2, 0.25) is 0 Å². The second-order valence-corrected chi connectivity index (χ2v) is 5.77. The van der Waals surface area contributed by atoms with E-state index in [0.29, 0.717) is 22.9 Å². The largest absolute Gasteiger partial charge is 0.456 e. The van der Waals surface area contributed by atoms with Gasteiger partial charge in [-0.05, 0) is 24.3 Å². The Morgan fingerprint density at radius 3 is 2.54 bits per heavy atom. The lowest BCUT2D eigenvalue weighted by Crippen LogP contribution is -2.31. The van der Waals surface area contributed by atoms with Gasteiger partial charge >= 0.3 is 12.0 Å². The van der Waals surface area contributed by atoms with E-state index in [9.17, 15) is 14.4 Å². The Morgan fingerprint density at radius 1 is 0.929 bits per heavy atom. The van der Waals surface area contributed by atoms with E-state index >= 15 is 0 Å². The van der Waals surface area contributed by atoms with E-state index in [0.717, 1.165) is 0 Å². The highest BCUT2D eigenvalue weighted by atomic mass is 16.7.